The van der Waals surface area contributed by atoms with Gasteiger partial charge in [0.25, 0.3) is 0 Å². The number of ether oxygens (including phenoxy) is 1. The number of fused-ring (bicyclic) bond motifs is 1. The van der Waals surface area contributed by atoms with Crippen molar-refractivity contribution in [3.8, 4) is 0 Å². The van der Waals surface area contributed by atoms with E-state index in [0.717, 1.165) is 50.4 Å². The predicted molar refractivity (Wildman–Crippen MR) is 115 cm³/mol. The Labute approximate surface area is 171 Å². The fourth-order valence-corrected chi connectivity index (χ4v) is 4.04. The molecule has 7 heteroatoms. The molecule has 3 heterocycles. The van der Waals surface area contributed by atoms with Gasteiger partial charge in [0.1, 0.15) is 5.69 Å². The van der Waals surface area contributed by atoms with Gasteiger partial charge >= 0.3 is 0 Å². The van der Waals surface area contributed by atoms with Crippen LogP contribution in [0.3, 0.4) is 0 Å². The second-order valence-electron chi connectivity index (χ2n) is 7.54. The van der Waals surface area contributed by atoms with Crippen molar-refractivity contribution in [3.63, 3.8) is 0 Å². The topological polar surface area (TPSA) is 65.6 Å². The van der Waals surface area contributed by atoms with Gasteiger partial charge in [-0.1, -0.05) is 23.4 Å². The van der Waals surface area contributed by atoms with Gasteiger partial charge in [0.05, 0.1) is 12.3 Å². The quantitative estimate of drug-likeness (QED) is 0.480. The zero-order valence-corrected chi connectivity index (χ0v) is 17.0. The van der Waals surface area contributed by atoms with Crippen LogP contribution >= 0.6 is 0 Å². The minimum atomic E-state index is 0.574. The zero-order chi connectivity index (χ0) is 20.1. The molecule has 1 saturated heterocycles. The van der Waals surface area contributed by atoms with E-state index in [-0.39, 0.29) is 0 Å². The Morgan fingerprint density at radius 1 is 1.10 bits per heavy atom. The molecule has 2 aromatic rings. The van der Waals surface area contributed by atoms with E-state index >= 15 is 0 Å². The summed E-state index contributed by atoms with van der Waals surface area (Å²) >= 11 is 0. The van der Waals surface area contributed by atoms with E-state index in [1.807, 2.05) is 23.9 Å². The SMILES string of the molecule is Cn1ccc2c1C(OCCCN1CCN(c3ccccc3)CC1)=NCCC2=NO. The van der Waals surface area contributed by atoms with Gasteiger partial charge in [0, 0.05) is 70.2 Å². The first-order valence-electron chi connectivity index (χ1n) is 10.3. The maximum Gasteiger partial charge on any atom is 0.233 e. The molecule has 4 rings (SSSR count). The van der Waals surface area contributed by atoms with Crippen LogP contribution in [0.5, 0.6) is 0 Å². The second-order valence-corrected chi connectivity index (χ2v) is 7.54. The molecule has 0 amide bonds. The molecule has 7 nitrogen and oxygen atoms in total. The number of hydrogen-bond donors (Lipinski definition) is 1. The summed E-state index contributed by atoms with van der Waals surface area (Å²) < 4.78 is 8.04. The Hall–Kier alpha value is -2.80. The third-order valence-corrected chi connectivity index (χ3v) is 5.66. The molecule has 0 saturated carbocycles. The standard InChI is InChI=1S/C22H29N5O2/c1-25-12-9-19-20(24-28)8-10-23-22(21(19)25)29-17-5-11-26-13-15-27(16-14-26)18-6-3-2-4-7-18/h2-4,6-7,9,12,28H,5,8,10-11,13-17H2,1H3. The summed E-state index contributed by atoms with van der Waals surface area (Å²) in [6, 6.07) is 12.6. The summed E-state index contributed by atoms with van der Waals surface area (Å²) in [6.45, 7) is 6.52. The number of oxime groups is 1. The normalized spacial score (nSPS) is 19.0. The molecular formula is C22H29N5O2. The number of piperazine rings is 1. The lowest BCUT2D eigenvalue weighted by Gasteiger charge is -2.36. The molecular weight excluding hydrogens is 366 g/mol. The van der Waals surface area contributed by atoms with E-state index < -0.39 is 0 Å². The molecule has 1 aromatic carbocycles. The van der Waals surface area contributed by atoms with Crippen LogP contribution in [0.1, 0.15) is 24.1 Å². The van der Waals surface area contributed by atoms with Gasteiger partial charge in [-0.05, 0) is 24.6 Å². The van der Waals surface area contributed by atoms with Crippen molar-refractivity contribution >= 4 is 17.3 Å². The van der Waals surface area contributed by atoms with E-state index in [2.05, 4.69) is 50.3 Å². The number of aryl methyl sites for hydroxylation is 1. The van der Waals surface area contributed by atoms with Crippen LogP contribution in [0.2, 0.25) is 0 Å². The fourth-order valence-electron chi connectivity index (χ4n) is 4.04. The monoisotopic (exact) mass is 395 g/mol. The third kappa shape index (κ3) is 4.45. The lowest BCUT2D eigenvalue weighted by Crippen LogP contribution is -2.46. The number of rotatable bonds is 5. The van der Waals surface area contributed by atoms with Crippen LogP contribution in [0.25, 0.3) is 0 Å². The van der Waals surface area contributed by atoms with Crippen molar-refractivity contribution < 1.29 is 9.94 Å². The number of aliphatic imine (C=N–C) groups is 1. The zero-order valence-electron chi connectivity index (χ0n) is 17.0. The van der Waals surface area contributed by atoms with Gasteiger partial charge in [0.15, 0.2) is 0 Å². The van der Waals surface area contributed by atoms with E-state index in [1.54, 1.807) is 0 Å². The van der Waals surface area contributed by atoms with Crippen molar-refractivity contribution in [2.45, 2.75) is 12.8 Å². The molecule has 1 aromatic heterocycles. The van der Waals surface area contributed by atoms with Crippen LogP contribution in [0.15, 0.2) is 52.7 Å². The second kappa shape index (κ2) is 9.13. The highest BCUT2D eigenvalue weighted by molar-refractivity contribution is 6.10. The van der Waals surface area contributed by atoms with Gasteiger partial charge in [0.2, 0.25) is 5.90 Å². The van der Waals surface area contributed by atoms with E-state index in [9.17, 15) is 5.21 Å². The van der Waals surface area contributed by atoms with Crippen molar-refractivity contribution in [2.75, 3.05) is 50.8 Å². The Morgan fingerprint density at radius 3 is 2.66 bits per heavy atom. The number of anilines is 1. The summed E-state index contributed by atoms with van der Waals surface area (Å²) in [4.78, 5) is 9.54. The first kappa shape index (κ1) is 19.5. The van der Waals surface area contributed by atoms with Crippen molar-refractivity contribution in [2.24, 2.45) is 17.2 Å². The minimum absolute atomic E-state index is 0.574. The number of para-hydroxylation sites is 1. The molecule has 1 fully saturated rings. The molecule has 2 aliphatic rings. The minimum Gasteiger partial charge on any atom is -0.476 e. The molecule has 0 unspecified atom stereocenters. The average molecular weight is 396 g/mol. The molecule has 1 N–H and O–H groups in total. The summed E-state index contributed by atoms with van der Waals surface area (Å²) in [6.07, 6.45) is 3.53. The van der Waals surface area contributed by atoms with Crippen molar-refractivity contribution in [1.29, 1.82) is 0 Å². The first-order valence-corrected chi connectivity index (χ1v) is 10.3. The fraction of sp³-hybridized carbons (Fsp3) is 0.455. The molecule has 0 aliphatic carbocycles. The van der Waals surface area contributed by atoms with E-state index in [0.29, 0.717) is 31.2 Å². The highest BCUT2D eigenvalue weighted by atomic mass is 16.5. The number of aromatic nitrogens is 1. The lowest BCUT2D eigenvalue weighted by molar-refractivity contribution is 0.220. The van der Waals surface area contributed by atoms with Gasteiger partial charge < -0.3 is 19.4 Å². The lowest BCUT2D eigenvalue weighted by atomic mass is 10.1. The summed E-state index contributed by atoms with van der Waals surface area (Å²) in [5, 5.41) is 12.7. The maximum atomic E-state index is 9.29. The van der Waals surface area contributed by atoms with Crippen LogP contribution in [0, 0.1) is 0 Å². The Bertz CT molecular complexity index is 867. The predicted octanol–water partition coefficient (Wildman–Crippen LogP) is 2.58. The highest BCUT2D eigenvalue weighted by Gasteiger charge is 2.22. The van der Waals surface area contributed by atoms with Gasteiger partial charge in [-0.2, -0.15) is 0 Å². The molecule has 0 bridgehead atoms. The Morgan fingerprint density at radius 2 is 1.90 bits per heavy atom. The Kier molecular flexibility index (Phi) is 6.14. The van der Waals surface area contributed by atoms with Crippen LogP contribution in [-0.2, 0) is 11.8 Å². The number of nitrogens with zero attached hydrogens (tertiary/aromatic N) is 5. The number of hydrogen-bond acceptors (Lipinski definition) is 6. The molecule has 154 valence electrons. The Balaban J connectivity index is 1.25. The maximum absolute atomic E-state index is 9.29. The molecule has 0 spiro atoms. The van der Waals surface area contributed by atoms with Gasteiger partial charge in [-0.3, -0.25) is 4.90 Å². The summed E-state index contributed by atoms with van der Waals surface area (Å²) in [5.74, 6) is 0.653. The summed E-state index contributed by atoms with van der Waals surface area (Å²) in [5.41, 5.74) is 3.78. The highest BCUT2D eigenvalue weighted by Crippen LogP contribution is 2.19. The van der Waals surface area contributed by atoms with Gasteiger partial charge in [-0.25, -0.2) is 4.99 Å². The number of benzene rings is 1. The molecule has 0 radical (unpaired) electrons. The van der Waals surface area contributed by atoms with Crippen LogP contribution < -0.4 is 4.90 Å². The van der Waals surface area contributed by atoms with Crippen molar-refractivity contribution in [1.82, 2.24) is 9.47 Å². The van der Waals surface area contributed by atoms with Crippen LogP contribution in [-0.4, -0.2) is 72.2 Å². The van der Waals surface area contributed by atoms with Crippen LogP contribution in [0.4, 0.5) is 5.69 Å². The first-order chi connectivity index (χ1) is 14.3. The third-order valence-electron chi connectivity index (χ3n) is 5.66. The summed E-state index contributed by atoms with van der Waals surface area (Å²) in [7, 11) is 1.96. The molecule has 29 heavy (non-hydrogen) atoms. The smallest absolute Gasteiger partial charge is 0.233 e. The van der Waals surface area contributed by atoms with Gasteiger partial charge in [-0.15, -0.1) is 0 Å². The van der Waals surface area contributed by atoms with E-state index in [4.69, 9.17) is 4.74 Å². The molecule has 0 atom stereocenters. The molecule has 2 aliphatic heterocycles. The van der Waals surface area contributed by atoms with Crippen molar-refractivity contribution in [3.05, 3.63) is 53.9 Å². The average Bonchev–Trinajstić information content (AvgIpc) is 3.05. The van der Waals surface area contributed by atoms with E-state index in [1.165, 1.54) is 5.69 Å². The largest absolute Gasteiger partial charge is 0.476 e.